The molecule has 0 unspecified atom stereocenters. The lowest BCUT2D eigenvalue weighted by molar-refractivity contribution is 1.10. The van der Waals surface area contributed by atoms with Gasteiger partial charge in [0.15, 0.2) is 0 Å². The van der Waals surface area contributed by atoms with E-state index < -0.39 is 0 Å². The molecule has 102 valence electrons. The summed E-state index contributed by atoms with van der Waals surface area (Å²) in [4.78, 5) is 16.9. The Morgan fingerprint density at radius 2 is 1.62 bits per heavy atom. The summed E-state index contributed by atoms with van der Waals surface area (Å²) in [6.45, 7) is 0. The van der Waals surface area contributed by atoms with Crippen molar-refractivity contribution in [2.24, 2.45) is 0 Å². The van der Waals surface area contributed by atoms with Crippen LogP contribution in [-0.4, -0.2) is 19.9 Å². The van der Waals surface area contributed by atoms with Crippen molar-refractivity contribution < 1.29 is 0 Å². The number of benzene rings is 2. The van der Waals surface area contributed by atoms with E-state index in [9.17, 15) is 0 Å². The van der Waals surface area contributed by atoms with E-state index in [1.54, 1.807) is 11.8 Å². The lowest BCUT2D eigenvalue weighted by Crippen LogP contribution is -1.88. The van der Waals surface area contributed by atoms with Crippen molar-refractivity contribution in [1.29, 1.82) is 0 Å². The van der Waals surface area contributed by atoms with E-state index >= 15 is 0 Å². The number of hydrogen-bond acceptors (Lipinski definition) is 4. The van der Waals surface area contributed by atoms with Gasteiger partial charge in [0.1, 0.15) is 10.9 Å². The van der Waals surface area contributed by atoms with Crippen LogP contribution in [0, 0.1) is 0 Å². The number of para-hydroxylation sites is 4. The van der Waals surface area contributed by atoms with Crippen molar-refractivity contribution in [3.8, 4) is 0 Å². The molecule has 0 radical (unpaired) electrons. The molecular weight excluding hydrogens is 280 g/mol. The van der Waals surface area contributed by atoms with Crippen LogP contribution in [0.3, 0.4) is 0 Å². The normalized spacial score (nSPS) is 11.2. The van der Waals surface area contributed by atoms with Crippen LogP contribution in [0.2, 0.25) is 0 Å². The van der Waals surface area contributed by atoms with Crippen LogP contribution in [-0.2, 0) is 5.75 Å². The van der Waals surface area contributed by atoms with E-state index in [1.165, 1.54) is 0 Å². The maximum absolute atomic E-state index is 4.60. The van der Waals surface area contributed by atoms with Crippen molar-refractivity contribution in [3.63, 3.8) is 0 Å². The van der Waals surface area contributed by atoms with Crippen molar-refractivity contribution in [2.75, 3.05) is 0 Å². The fourth-order valence-electron chi connectivity index (χ4n) is 2.23. The summed E-state index contributed by atoms with van der Waals surface area (Å²) in [6, 6.07) is 15.9. The maximum atomic E-state index is 4.60. The fraction of sp³-hybridized carbons (Fsp3) is 0.0625. The molecule has 0 atom stereocenters. The van der Waals surface area contributed by atoms with Gasteiger partial charge in [-0.3, -0.25) is 4.98 Å². The molecule has 2 aromatic carbocycles. The van der Waals surface area contributed by atoms with Crippen molar-refractivity contribution in [2.45, 2.75) is 10.8 Å². The van der Waals surface area contributed by atoms with E-state index in [2.05, 4.69) is 19.9 Å². The summed E-state index contributed by atoms with van der Waals surface area (Å²) < 4.78 is 0. The first-order valence-corrected chi connectivity index (χ1v) is 7.65. The van der Waals surface area contributed by atoms with Gasteiger partial charge >= 0.3 is 0 Å². The Morgan fingerprint density at radius 3 is 2.48 bits per heavy atom. The predicted octanol–water partition coefficient (Wildman–Crippen LogP) is 3.80. The summed E-state index contributed by atoms with van der Waals surface area (Å²) in [6.07, 6.45) is 1.82. The summed E-state index contributed by atoms with van der Waals surface area (Å²) in [5.74, 6) is 1.71. The second kappa shape index (κ2) is 5.18. The lowest BCUT2D eigenvalue weighted by atomic mass is 10.3. The Hall–Kier alpha value is -2.40. The number of aromatic nitrogens is 4. The molecule has 2 heterocycles. The van der Waals surface area contributed by atoms with Gasteiger partial charge in [-0.25, -0.2) is 9.97 Å². The lowest BCUT2D eigenvalue weighted by Gasteiger charge is -2.00. The van der Waals surface area contributed by atoms with Crippen LogP contribution < -0.4 is 0 Å². The number of rotatable bonds is 3. The number of H-pyrrole nitrogens is 1. The zero-order valence-electron chi connectivity index (χ0n) is 11.2. The van der Waals surface area contributed by atoms with E-state index in [0.29, 0.717) is 0 Å². The number of nitrogens with one attached hydrogen (secondary N) is 1. The number of thioether (sulfide) groups is 1. The third-order valence-electron chi connectivity index (χ3n) is 3.22. The summed E-state index contributed by atoms with van der Waals surface area (Å²) >= 11 is 1.64. The summed E-state index contributed by atoms with van der Waals surface area (Å²) in [7, 11) is 0. The number of hydrogen-bond donors (Lipinski definition) is 1. The van der Waals surface area contributed by atoms with Gasteiger partial charge in [-0.1, -0.05) is 36.0 Å². The Labute approximate surface area is 125 Å². The van der Waals surface area contributed by atoms with Crippen LogP contribution in [0.5, 0.6) is 0 Å². The summed E-state index contributed by atoms with van der Waals surface area (Å²) in [5, 5.41) is 0.911. The largest absolute Gasteiger partial charge is 0.341 e. The van der Waals surface area contributed by atoms with E-state index in [0.717, 1.165) is 38.7 Å². The number of nitrogens with zero attached hydrogens (tertiary/aromatic N) is 3. The third-order valence-corrected chi connectivity index (χ3v) is 4.13. The minimum absolute atomic E-state index is 0.752. The average Bonchev–Trinajstić information content (AvgIpc) is 2.95. The van der Waals surface area contributed by atoms with Gasteiger partial charge in [0.05, 0.1) is 34.0 Å². The van der Waals surface area contributed by atoms with Crippen LogP contribution in [0.1, 0.15) is 5.82 Å². The maximum Gasteiger partial charge on any atom is 0.117 e. The van der Waals surface area contributed by atoms with Crippen LogP contribution in [0.4, 0.5) is 0 Å². The molecule has 4 nitrogen and oxygen atoms in total. The zero-order chi connectivity index (χ0) is 14.1. The van der Waals surface area contributed by atoms with Gasteiger partial charge in [0.25, 0.3) is 0 Å². The summed E-state index contributed by atoms with van der Waals surface area (Å²) in [5.41, 5.74) is 3.91. The molecule has 0 saturated carbocycles. The second-order valence-corrected chi connectivity index (χ2v) is 5.68. The first kappa shape index (κ1) is 12.3. The molecule has 4 rings (SSSR count). The molecule has 0 amide bonds. The van der Waals surface area contributed by atoms with Gasteiger partial charge in [0, 0.05) is 0 Å². The van der Waals surface area contributed by atoms with Gasteiger partial charge in [-0.2, -0.15) is 0 Å². The first-order chi connectivity index (χ1) is 10.4. The smallest absolute Gasteiger partial charge is 0.117 e. The molecule has 2 aromatic heterocycles. The predicted molar refractivity (Wildman–Crippen MR) is 85.2 cm³/mol. The molecule has 1 N–H and O–H groups in total. The highest BCUT2D eigenvalue weighted by Crippen LogP contribution is 2.22. The second-order valence-electron chi connectivity index (χ2n) is 4.69. The average molecular weight is 292 g/mol. The Bertz CT molecular complexity index is 883. The van der Waals surface area contributed by atoms with Crippen molar-refractivity contribution in [1.82, 2.24) is 19.9 Å². The van der Waals surface area contributed by atoms with Crippen LogP contribution >= 0.6 is 11.8 Å². The van der Waals surface area contributed by atoms with Gasteiger partial charge in [0.2, 0.25) is 0 Å². The van der Waals surface area contributed by atoms with Gasteiger partial charge in [-0.15, -0.1) is 0 Å². The van der Waals surface area contributed by atoms with Crippen LogP contribution in [0.15, 0.2) is 59.8 Å². The molecule has 0 bridgehead atoms. The van der Waals surface area contributed by atoms with Crippen molar-refractivity contribution in [3.05, 3.63) is 60.6 Å². The highest BCUT2D eigenvalue weighted by Gasteiger charge is 2.05. The minimum atomic E-state index is 0.752. The van der Waals surface area contributed by atoms with Crippen LogP contribution in [0.25, 0.3) is 22.1 Å². The molecule has 0 fully saturated rings. The SMILES string of the molecule is c1ccc2nc(SCc3nc4ccccc4[nH]3)cnc2c1. The zero-order valence-corrected chi connectivity index (χ0v) is 12.0. The standard InChI is InChI=1S/C16H12N4S/c1-2-6-12-11(5-1)17-9-16(20-12)21-10-15-18-13-7-3-4-8-14(13)19-15/h1-9H,10H2,(H,18,19). The number of aromatic amines is 1. The molecule has 0 saturated heterocycles. The Balaban J connectivity index is 1.57. The molecular formula is C16H12N4S. The first-order valence-electron chi connectivity index (χ1n) is 6.67. The molecule has 0 aliphatic rings. The van der Waals surface area contributed by atoms with Gasteiger partial charge in [-0.05, 0) is 24.3 Å². The van der Waals surface area contributed by atoms with Crippen molar-refractivity contribution >= 4 is 33.8 Å². The highest BCUT2D eigenvalue weighted by molar-refractivity contribution is 7.98. The molecule has 21 heavy (non-hydrogen) atoms. The Kier molecular flexibility index (Phi) is 3.05. The molecule has 0 aliphatic heterocycles. The highest BCUT2D eigenvalue weighted by atomic mass is 32.2. The molecule has 5 heteroatoms. The fourth-order valence-corrected chi connectivity index (χ4v) is 2.94. The monoisotopic (exact) mass is 292 g/mol. The molecule has 4 aromatic rings. The van der Waals surface area contributed by atoms with E-state index in [-0.39, 0.29) is 0 Å². The third kappa shape index (κ3) is 2.48. The van der Waals surface area contributed by atoms with E-state index in [4.69, 9.17) is 0 Å². The van der Waals surface area contributed by atoms with E-state index in [1.807, 2.05) is 54.7 Å². The Morgan fingerprint density at radius 1 is 0.857 bits per heavy atom. The minimum Gasteiger partial charge on any atom is -0.341 e. The topological polar surface area (TPSA) is 54.5 Å². The molecule has 0 spiro atoms. The number of imidazole rings is 1. The number of fused-ring (bicyclic) bond motifs is 2. The van der Waals surface area contributed by atoms with Gasteiger partial charge < -0.3 is 4.98 Å². The molecule has 0 aliphatic carbocycles. The quantitative estimate of drug-likeness (QED) is 0.584.